The minimum atomic E-state index is -0.524. The molecule has 0 aliphatic carbocycles. The first-order chi connectivity index (χ1) is 12.6. The van der Waals surface area contributed by atoms with Crippen LogP contribution < -0.4 is 11.1 Å². The van der Waals surface area contributed by atoms with Crippen LogP contribution in [0.25, 0.3) is 11.1 Å². The van der Waals surface area contributed by atoms with E-state index in [1.807, 2.05) is 42.5 Å². The highest BCUT2D eigenvalue weighted by atomic mass is 16.1. The third kappa shape index (κ3) is 4.05. The summed E-state index contributed by atoms with van der Waals surface area (Å²) >= 11 is 0. The topological polar surface area (TPSA) is 72.2 Å². The lowest BCUT2D eigenvalue weighted by atomic mass is 10.0. The number of nitrogens with two attached hydrogens (primary N) is 1. The highest BCUT2D eigenvalue weighted by Crippen LogP contribution is 2.19. The normalized spacial score (nSPS) is 10.6. The summed E-state index contributed by atoms with van der Waals surface area (Å²) < 4.78 is 0. The number of primary amides is 1. The quantitative estimate of drug-likeness (QED) is 0.519. The summed E-state index contributed by atoms with van der Waals surface area (Å²) in [4.78, 5) is 23.7. The van der Waals surface area contributed by atoms with Crippen molar-refractivity contribution in [3.8, 4) is 11.1 Å². The van der Waals surface area contributed by atoms with Crippen molar-refractivity contribution in [3.63, 3.8) is 0 Å². The van der Waals surface area contributed by atoms with Gasteiger partial charge in [-0.15, -0.1) is 0 Å². The summed E-state index contributed by atoms with van der Waals surface area (Å²) in [7, 11) is 0. The monoisotopic (exact) mass is 342 g/mol. The van der Waals surface area contributed by atoms with Crippen molar-refractivity contribution >= 4 is 17.4 Å². The first kappa shape index (κ1) is 17.2. The Hall–Kier alpha value is -3.66. The molecule has 0 fully saturated rings. The maximum Gasteiger partial charge on any atom is 0.250 e. The van der Waals surface area contributed by atoms with Gasteiger partial charge in [-0.3, -0.25) is 9.59 Å². The van der Waals surface area contributed by atoms with Crippen molar-refractivity contribution in [2.24, 2.45) is 5.73 Å². The average molecular weight is 342 g/mol. The van der Waals surface area contributed by atoms with Crippen LogP contribution in [0.5, 0.6) is 0 Å². The molecule has 0 unspecified atom stereocenters. The molecule has 0 atom stereocenters. The summed E-state index contributed by atoms with van der Waals surface area (Å²) in [6.07, 6.45) is 2.94. The predicted octanol–water partition coefficient (Wildman–Crippen LogP) is 4.26. The number of rotatable bonds is 6. The molecule has 3 N–H and O–H groups in total. The van der Waals surface area contributed by atoms with Crippen molar-refractivity contribution in [3.05, 3.63) is 102 Å². The molecular weight excluding hydrogens is 324 g/mol. The molecule has 0 saturated heterocycles. The lowest BCUT2D eigenvalue weighted by Crippen LogP contribution is -2.13. The fourth-order valence-electron chi connectivity index (χ4n) is 2.58. The fourth-order valence-corrected chi connectivity index (χ4v) is 2.58. The largest absolute Gasteiger partial charge is 0.366 e. The van der Waals surface area contributed by atoms with Crippen LogP contribution in [0, 0.1) is 0 Å². The molecule has 26 heavy (non-hydrogen) atoms. The van der Waals surface area contributed by atoms with Crippen molar-refractivity contribution in [1.29, 1.82) is 0 Å². The number of carbonyl (C=O) groups excluding carboxylic acids is 2. The average Bonchev–Trinajstić information content (AvgIpc) is 2.69. The molecule has 4 nitrogen and oxygen atoms in total. The van der Waals surface area contributed by atoms with Crippen molar-refractivity contribution in [2.75, 3.05) is 5.32 Å². The predicted molar refractivity (Wildman–Crippen MR) is 104 cm³/mol. The van der Waals surface area contributed by atoms with E-state index < -0.39 is 5.91 Å². The Morgan fingerprint density at radius 2 is 1.38 bits per heavy atom. The standard InChI is InChI=1S/C22H18N2O2/c23-22(26)19-8-4-5-9-20(19)24-15-14-21(25)18-12-10-17(11-13-18)16-6-2-1-3-7-16/h1-15,24H,(H2,23,26)/b15-14+. The zero-order valence-corrected chi connectivity index (χ0v) is 14.1. The molecule has 128 valence electrons. The fraction of sp³-hybridized carbons (Fsp3) is 0. The van der Waals surface area contributed by atoms with Gasteiger partial charge < -0.3 is 11.1 Å². The molecule has 0 spiro atoms. The third-order valence-corrected chi connectivity index (χ3v) is 3.94. The van der Waals surface area contributed by atoms with E-state index in [2.05, 4.69) is 5.32 Å². The number of hydrogen-bond donors (Lipinski definition) is 2. The molecule has 4 heteroatoms. The van der Waals surface area contributed by atoms with Crippen LogP contribution in [0.1, 0.15) is 20.7 Å². The number of ketones is 1. The van der Waals surface area contributed by atoms with Crippen LogP contribution in [0.2, 0.25) is 0 Å². The maximum absolute atomic E-state index is 12.3. The maximum atomic E-state index is 12.3. The van der Waals surface area contributed by atoms with E-state index in [1.54, 1.807) is 36.4 Å². The lowest BCUT2D eigenvalue weighted by Gasteiger charge is -2.05. The summed E-state index contributed by atoms with van der Waals surface area (Å²) in [5, 5.41) is 2.93. The Balaban J connectivity index is 1.69. The van der Waals surface area contributed by atoms with Gasteiger partial charge in [-0.1, -0.05) is 66.7 Å². The lowest BCUT2D eigenvalue weighted by molar-refractivity contribution is 0.0999. The molecule has 3 rings (SSSR count). The Kier molecular flexibility index (Phi) is 5.25. The van der Waals surface area contributed by atoms with E-state index >= 15 is 0 Å². The zero-order valence-electron chi connectivity index (χ0n) is 14.1. The molecule has 0 radical (unpaired) electrons. The Labute approximate surface area is 152 Å². The minimum Gasteiger partial charge on any atom is -0.366 e. The molecular formula is C22H18N2O2. The summed E-state index contributed by atoms with van der Waals surface area (Å²) in [5.74, 6) is -0.655. The van der Waals surface area contributed by atoms with Gasteiger partial charge in [-0.2, -0.15) is 0 Å². The van der Waals surface area contributed by atoms with Crippen LogP contribution in [0.3, 0.4) is 0 Å². The van der Waals surface area contributed by atoms with Gasteiger partial charge >= 0.3 is 0 Å². The summed E-state index contributed by atoms with van der Waals surface area (Å²) in [5.41, 5.74) is 9.01. The van der Waals surface area contributed by atoms with Gasteiger partial charge in [-0.05, 0) is 23.3 Å². The molecule has 0 aliphatic heterocycles. The van der Waals surface area contributed by atoms with E-state index in [0.29, 0.717) is 16.8 Å². The number of amides is 1. The third-order valence-electron chi connectivity index (χ3n) is 3.94. The zero-order chi connectivity index (χ0) is 18.4. The number of hydrogen-bond acceptors (Lipinski definition) is 3. The highest BCUT2D eigenvalue weighted by Gasteiger charge is 2.06. The molecule has 0 aromatic heterocycles. The molecule has 0 heterocycles. The Bertz CT molecular complexity index is 945. The molecule has 0 aliphatic rings. The van der Waals surface area contributed by atoms with E-state index in [1.165, 1.54) is 12.3 Å². The van der Waals surface area contributed by atoms with Gasteiger partial charge in [0.15, 0.2) is 5.78 Å². The van der Waals surface area contributed by atoms with E-state index in [-0.39, 0.29) is 5.78 Å². The number of para-hydroxylation sites is 1. The van der Waals surface area contributed by atoms with Gasteiger partial charge in [-0.25, -0.2) is 0 Å². The Morgan fingerprint density at radius 1 is 0.769 bits per heavy atom. The molecule has 1 amide bonds. The number of carbonyl (C=O) groups is 2. The number of allylic oxidation sites excluding steroid dienone is 1. The Morgan fingerprint density at radius 3 is 2.08 bits per heavy atom. The van der Waals surface area contributed by atoms with Crippen LogP contribution in [-0.2, 0) is 0 Å². The SMILES string of the molecule is NC(=O)c1ccccc1N/C=C/C(=O)c1ccc(-c2ccccc2)cc1. The first-order valence-electron chi connectivity index (χ1n) is 8.17. The summed E-state index contributed by atoms with van der Waals surface area (Å²) in [6, 6.07) is 24.3. The van der Waals surface area contributed by atoms with Gasteiger partial charge in [0.2, 0.25) is 0 Å². The second-order valence-electron chi connectivity index (χ2n) is 5.70. The van der Waals surface area contributed by atoms with Gasteiger partial charge in [0.1, 0.15) is 0 Å². The second-order valence-corrected chi connectivity index (χ2v) is 5.70. The van der Waals surface area contributed by atoms with E-state index in [9.17, 15) is 9.59 Å². The molecule has 0 saturated carbocycles. The number of nitrogens with one attached hydrogen (secondary N) is 1. The highest BCUT2D eigenvalue weighted by molar-refractivity contribution is 6.05. The van der Waals surface area contributed by atoms with Gasteiger partial charge in [0.25, 0.3) is 5.91 Å². The molecule has 3 aromatic carbocycles. The van der Waals surface area contributed by atoms with Crippen LogP contribution in [0.15, 0.2) is 91.1 Å². The summed E-state index contributed by atoms with van der Waals surface area (Å²) in [6.45, 7) is 0. The minimum absolute atomic E-state index is 0.131. The second kappa shape index (κ2) is 7.94. The van der Waals surface area contributed by atoms with Crippen LogP contribution in [-0.4, -0.2) is 11.7 Å². The van der Waals surface area contributed by atoms with Crippen molar-refractivity contribution < 1.29 is 9.59 Å². The smallest absolute Gasteiger partial charge is 0.250 e. The van der Waals surface area contributed by atoms with Gasteiger partial charge in [0.05, 0.1) is 11.3 Å². The number of benzene rings is 3. The van der Waals surface area contributed by atoms with Crippen LogP contribution in [0.4, 0.5) is 5.69 Å². The first-order valence-corrected chi connectivity index (χ1v) is 8.17. The molecule has 0 bridgehead atoms. The van der Waals surface area contributed by atoms with Gasteiger partial charge in [0, 0.05) is 17.8 Å². The van der Waals surface area contributed by atoms with E-state index in [0.717, 1.165) is 11.1 Å². The number of anilines is 1. The van der Waals surface area contributed by atoms with Crippen LogP contribution >= 0.6 is 0 Å². The van der Waals surface area contributed by atoms with Crippen molar-refractivity contribution in [1.82, 2.24) is 0 Å². The van der Waals surface area contributed by atoms with E-state index in [4.69, 9.17) is 5.73 Å². The van der Waals surface area contributed by atoms with Crippen molar-refractivity contribution in [2.45, 2.75) is 0 Å². The molecule has 3 aromatic rings.